The Balaban J connectivity index is 0.00000192. The zero-order chi connectivity index (χ0) is 18.1. The van der Waals surface area contributed by atoms with Gasteiger partial charge in [-0.2, -0.15) is 0 Å². The summed E-state index contributed by atoms with van der Waals surface area (Å²) in [4.78, 5) is 14.0. The van der Waals surface area contributed by atoms with E-state index in [1.165, 1.54) is 42.9 Å². The second kappa shape index (κ2) is 7.31. The lowest BCUT2D eigenvalue weighted by Gasteiger charge is -2.39. The highest BCUT2D eigenvalue weighted by Crippen LogP contribution is 2.29. The van der Waals surface area contributed by atoms with Crippen LogP contribution in [0, 0.1) is 0 Å². The van der Waals surface area contributed by atoms with Crippen LogP contribution in [0.3, 0.4) is 0 Å². The Kier molecular flexibility index (Phi) is 4.54. The first-order chi connectivity index (χ1) is 13.4. The maximum atomic E-state index is 4.42. The minimum absolute atomic E-state index is 0. The summed E-state index contributed by atoms with van der Waals surface area (Å²) < 4.78 is 0. The van der Waals surface area contributed by atoms with Crippen molar-refractivity contribution in [3.8, 4) is 0 Å². The Hall–Kier alpha value is -2.40. The van der Waals surface area contributed by atoms with Gasteiger partial charge < -0.3 is 10.2 Å². The minimum Gasteiger partial charge on any atom is -0.380 e. The molecule has 0 bridgehead atoms. The van der Waals surface area contributed by atoms with Crippen LogP contribution < -0.4 is 5.32 Å². The van der Waals surface area contributed by atoms with E-state index in [0.29, 0.717) is 0 Å². The van der Waals surface area contributed by atoms with Crippen molar-refractivity contribution in [1.29, 1.82) is 0 Å². The zero-order valence-corrected chi connectivity index (χ0v) is 15.8. The average Bonchev–Trinajstić information content (AvgIpc) is 3.58. The Bertz CT molecular complexity index is 881. The predicted molar refractivity (Wildman–Crippen MR) is 110 cm³/mol. The molecule has 1 aromatic heterocycles. The number of fused-ring (bicyclic) bond motifs is 1. The van der Waals surface area contributed by atoms with Crippen molar-refractivity contribution in [3.63, 3.8) is 0 Å². The topological polar surface area (TPSA) is 44.3 Å². The normalized spacial score (nSPS) is 21.1. The predicted octanol–water partition coefficient (Wildman–Crippen LogP) is 3.31. The van der Waals surface area contributed by atoms with E-state index in [2.05, 4.69) is 55.4 Å². The average molecular weight is 364 g/mol. The Morgan fingerprint density at radius 3 is 2.56 bits per heavy atom. The van der Waals surface area contributed by atoms with Crippen molar-refractivity contribution < 1.29 is 1.43 Å². The van der Waals surface area contributed by atoms with Crippen LogP contribution in [0.15, 0.2) is 54.1 Å². The molecule has 2 heterocycles. The molecule has 2 aromatic rings. The third-order valence-corrected chi connectivity index (χ3v) is 5.86. The zero-order valence-electron chi connectivity index (χ0n) is 15.8. The highest BCUT2D eigenvalue weighted by molar-refractivity contribution is 5.74. The van der Waals surface area contributed by atoms with Crippen LogP contribution in [0.5, 0.6) is 0 Å². The molecule has 2 aliphatic carbocycles. The first kappa shape index (κ1) is 16.8. The second-order valence-corrected chi connectivity index (χ2v) is 7.77. The fraction of sp³-hybridized carbons (Fsp3) is 0.455. The van der Waals surface area contributed by atoms with Crippen molar-refractivity contribution in [2.24, 2.45) is 0 Å². The summed E-state index contributed by atoms with van der Waals surface area (Å²) in [5.74, 6) is 0. The highest BCUT2D eigenvalue weighted by Gasteiger charge is 2.32. The van der Waals surface area contributed by atoms with E-state index in [1.807, 2.05) is 0 Å². The van der Waals surface area contributed by atoms with Gasteiger partial charge in [-0.05, 0) is 43.4 Å². The smallest absolute Gasteiger partial charge is 0.0890 e. The van der Waals surface area contributed by atoms with Crippen LogP contribution in [0.2, 0.25) is 0 Å². The standard InChI is InChI=1S/C22H27N5.H2/c1-2-4-22(27-13-11-26(12-14-27)18-6-7-18)20(3-1)25-16-17-5-8-19-21(15-17)24-10-9-23-19;/h3-5,8-10,15,18,25H,1-2,6-7,11-14,16H2;1H. The third-order valence-electron chi connectivity index (χ3n) is 5.86. The van der Waals surface area contributed by atoms with E-state index >= 15 is 0 Å². The number of piperazine rings is 1. The molecule has 5 rings (SSSR count). The van der Waals surface area contributed by atoms with Crippen LogP contribution in [-0.2, 0) is 6.54 Å². The molecular formula is C22H29N5. The molecule has 2 fully saturated rings. The summed E-state index contributed by atoms with van der Waals surface area (Å²) in [6, 6.07) is 7.22. The number of allylic oxidation sites excluding steroid dienone is 2. The minimum atomic E-state index is 0. The van der Waals surface area contributed by atoms with Crippen LogP contribution in [0.4, 0.5) is 0 Å². The number of nitrogens with zero attached hydrogens (tertiary/aromatic N) is 4. The maximum absolute atomic E-state index is 4.42. The quantitative estimate of drug-likeness (QED) is 0.883. The number of nitrogens with one attached hydrogen (secondary N) is 1. The summed E-state index contributed by atoms with van der Waals surface area (Å²) in [6.45, 7) is 5.52. The van der Waals surface area contributed by atoms with Crippen molar-refractivity contribution in [2.45, 2.75) is 38.3 Å². The van der Waals surface area contributed by atoms with Gasteiger partial charge in [0.25, 0.3) is 0 Å². The van der Waals surface area contributed by atoms with Gasteiger partial charge >= 0.3 is 0 Å². The Morgan fingerprint density at radius 2 is 1.74 bits per heavy atom. The molecule has 0 unspecified atom stereocenters. The van der Waals surface area contributed by atoms with E-state index in [0.717, 1.165) is 49.6 Å². The summed E-state index contributed by atoms with van der Waals surface area (Å²) in [5, 5.41) is 3.69. The summed E-state index contributed by atoms with van der Waals surface area (Å²) >= 11 is 0. The van der Waals surface area contributed by atoms with Gasteiger partial charge in [-0.1, -0.05) is 18.2 Å². The first-order valence-electron chi connectivity index (χ1n) is 10.2. The van der Waals surface area contributed by atoms with E-state index < -0.39 is 0 Å². The van der Waals surface area contributed by atoms with Gasteiger partial charge in [0.05, 0.1) is 22.4 Å². The maximum Gasteiger partial charge on any atom is 0.0890 e. The fourth-order valence-electron chi connectivity index (χ4n) is 4.21. The molecule has 142 valence electrons. The molecule has 0 spiro atoms. The van der Waals surface area contributed by atoms with E-state index in [4.69, 9.17) is 0 Å². The molecule has 27 heavy (non-hydrogen) atoms. The molecule has 1 N–H and O–H groups in total. The molecule has 0 amide bonds. The lowest BCUT2D eigenvalue weighted by Crippen LogP contribution is -2.47. The van der Waals surface area contributed by atoms with Crippen molar-refractivity contribution in [2.75, 3.05) is 26.2 Å². The molecule has 5 nitrogen and oxygen atoms in total. The summed E-state index contributed by atoms with van der Waals surface area (Å²) in [7, 11) is 0. The number of hydrogen-bond acceptors (Lipinski definition) is 5. The number of aromatic nitrogens is 2. The molecule has 1 saturated heterocycles. The molecule has 1 saturated carbocycles. The largest absolute Gasteiger partial charge is 0.380 e. The van der Waals surface area contributed by atoms with Gasteiger partial charge in [-0.15, -0.1) is 0 Å². The van der Waals surface area contributed by atoms with Gasteiger partial charge in [-0.25, -0.2) is 0 Å². The van der Waals surface area contributed by atoms with Crippen molar-refractivity contribution in [1.82, 2.24) is 25.1 Å². The molecule has 1 aromatic carbocycles. The van der Waals surface area contributed by atoms with Crippen LogP contribution >= 0.6 is 0 Å². The van der Waals surface area contributed by atoms with Crippen molar-refractivity contribution >= 4 is 11.0 Å². The van der Waals surface area contributed by atoms with E-state index in [-0.39, 0.29) is 1.43 Å². The SMILES string of the molecule is C1=C(NCc2ccc3nccnc3c2)C(N2CCN(C3CC3)CC2)=CCC1.[HH]. The van der Waals surface area contributed by atoms with E-state index in [9.17, 15) is 0 Å². The number of hydrogen-bond donors (Lipinski definition) is 1. The van der Waals surface area contributed by atoms with Crippen LogP contribution in [0.25, 0.3) is 11.0 Å². The van der Waals surface area contributed by atoms with Gasteiger partial charge in [0.15, 0.2) is 0 Å². The van der Waals surface area contributed by atoms with Gasteiger partial charge in [-0.3, -0.25) is 14.9 Å². The van der Waals surface area contributed by atoms with Gasteiger partial charge in [0.1, 0.15) is 0 Å². The lowest BCUT2D eigenvalue weighted by atomic mass is 10.1. The molecule has 1 aliphatic heterocycles. The number of benzene rings is 1. The lowest BCUT2D eigenvalue weighted by molar-refractivity contribution is 0.152. The Morgan fingerprint density at radius 1 is 0.963 bits per heavy atom. The molecule has 0 atom stereocenters. The van der Waals surface area contributed by atoms with E-state index in [1.54, 1.807) is 12.4 Å². The molecule has 5 heteroatoms. The van der Waals surface area contributed by atoms with Gasteiger partial charge in [0, 0.05) is 52.6 Å². The Labute approximate surface area is 162 Å². The molecule has 3 aliphatic rings. The van der Waals surface area contributed by atoms with Gasteiger partial charge in [0.2, 0.25) is 0 Å². The van der Waals surface area contributed by atoms with Crippen molar-refractivity contribution in [3.05, 3.63) is 59.7 Å². The monoisotopic (exact) mass is 363 g/mol. The van der Waals surface area contributed by atoms with Crippen LogP contribution in [0.1, 0.15) is 32.7 Å². The summed E-state index contributed by atoms with van der Waals surface area (Å²) in [6.07, 6.45) is 13.4. The molecule has 0 radical (unpaired) electrons. The fourth-order valence-corrected chi connectivity index (χ4v) is 4.21. The highest BCUT2D eigenvalue weighted by atomic mass is 15.3. The second-order valence-electron chi connectivity index (χ2n) is 7.77. The third kappa shape index (κ3) is 3.69. The van der Waals surface area contributed by atoms with Crippen LogP contribution in [-0.4, -0.2) is 52.0 Å². The molecular weight excluding hydrogens is 334 g/mol. The number of rotatable bonds is 5. The first-order valence-corrected chi connectivity index (χ1v) is 10.2. The summed E-state index contributed by atoms with van der Waals surface area (Å²) in [5.41, 5.74) is 5.85.